The Morgan fingerprint density at radius 3 is 1.49 bits per heavy atom. The Labute approximate surface area is 223 Å². The van der Waals surface area contributed by atoms with E-state index in [2.05, 4.69) is 0 Å². The van der Waals surface area contributed by atoms with Crippen molar-refractivity contribution in [3.63, 3.8) is 0 Å². The smallest absolute Gasteiger partial charge is 0.416 e. The molecule has 0 spiro atoms. The van der Waals surface area contributed by atoms with Crippen molar-refractivity contribution in [1.82, 2.24) is 0 Å². The summed E-state index contributed by atoms with van der Waals surface area (Å²) in [4.78, 5) is 44.9. The second-order valence-corrected chi connectivity index (χ2v) is 9.84. The van der Waals surface area contributed by atoms with Crippen LogP contribution in [-0.2, 0) is 41.0 Å². The highest BCUT2D eigenvalue weighted by Crippen LogP contribution is 2.38. The lowest BCUT2D eigenvalue weighted by Gasteiger charge is -2.21. The van der Waals surface area contributed by atoms with E-state index in [9.17, 15) is 45.5 Å². The average Bonchev–Trinajstić information content (AvgIpc) is 2.80. The number of halogens is 6. The maximum Gasteiger partial charge on any atom is 0.416 e. The zero-order valence-corrected chi connectivity index (χ0v) is 22.9. The van der Waals surface area contributed by atoms with E-state index in [1.807, 2.05) is 6.92 Å². The number of ketones is 1. The van der Waals surface area contributed by atoms with Crippen LogP contribution >= 0.6 is 0 Å². The summed E-state index contributed by atoms with van der Waals surface area (Å²) in [6, 6.07) is 0.722. The van der Waals surface area contributed by atoms with Gasteiger partial charge in [-0.05, 0) is 65.7 Å². The Hall–Kier alpha value is -3.12. The minimum absolute atomic E-state index is 0.0162. The number of hydrogen-bond donors (Lipinski definition) is 0. The van der Waals surface area contributed by atoms with Crippen LogP contribution in [0.4, 0.5) is 26.3 Å². The number of carbonyl (C=O) groups excluding carboxylic acids is 4. The molecule has 0 radical (unpaired) electrons. The van der Waals surface area contributed by atoms with Crippen LogP contribution in [0, 0.1) is 10.8 Å². The first-order chi connectivity index (χ1) is 17.6. The molecule has 0 amide bonds. The van der Waals surface area contributed by atoms with Crippen LogP contribution in [0.2, 0.25) is 0 Å². The van der Waals surface area contributed by atoms with Crippen molar-refractivity contribution in [2.45, 2.75) is 80.1 Å². The van der Waals surface area contributed by atoms with Gasteiger partial charge in [0.2, 0.25) is 0 Å². The summed E-state index contributed by atoms with van der Waals surface area (Å²) in [6.45, 7) is 11.4. The Kier molecular flexibility index (Phi) is 13.2. The van der Waals surface area contributed by atoms with Crippen LogP contribution in [0.15, 0.2) is 18.2 Å². The predicted octanol–water partition coefficient (Wildman–Crippen LogP) is 6.55. The number of alkyl halides is 6. The molecular formula is C26H34F6O7. The van der Waals surface area contributed by atoms with Crippen LogP contribution in [-0.4, -0.2) is 36.9 Å². The molecule has 1 aromatic carbocycles. The lowest BCUT2D eigenvalue weighted by molar-refractivity contribution is -0.159. The summed E-state index contributed by atoms with van der Waals surface area (Å²) in [5.41, 5.74) is -4.60. The molecular weight excluding hydrogens is 538 g/mol. The van der Waals surface area contributed by atoms with Crippen LogP contribution < -0.4 is 4.74 Å². The zero-order chi connectivity index (χ0) is 30.8. The maximum atomic E-state index is 12.7. The van der Waals surface area contributed by atoms with Crippen LogP contribution in [0.3, 0.4) is 0 Å². The fraction of sp³-hybridized carbons (Fsp3) is 0.615. The molecule has 0 fully saturated rings. The van der Waals surface area contributed by atoms with E-state index in [4.69, 9.17) is 14.2 Å². The summed E-state index contributed by atoms with van der Waals surface area (Å²) in [7, 11) is 0. The first-order valence-electron chi connectivity index (χ1n) is 11.9. The van der Waals surface area contributed by atoms with Crippen molar-refractivity contribution in [3.05, 3.63) is 29.3 Å². The highest BCUT2D eigenvalue weighted by atomic mass is 19.4. The average molecular weight is 573 g/mol. The third-order valence-electron chi connectivity index (χ3n) is 5.62. The van der Waals surface area contributed by atoms with Crippen molar-refractivity contribution in [2.75, 3.05) is 13.2 Å². The third-order valence-corrected chi connectivity index (χ3v) is 5.62. The largest absolute Gasteiger partial charge is 0.462 e. The maximum absolute atomic E-state index is 12.7. The lowest BCUT2D eigenvalue weighted by Crippen LogP contribution is -2.28. The molecule has 0 heterocycles. The van der Waals surface area contributed by atoms with Gasteiger partial charge in [0.05, 0.1) is 22.0 Å². The fourth-order valence-electron chi connectivity index (χ4n) is 2.26. The second-order valence-electron chi connectivity index (χ2n) is 9.84. The minimum atomic E-state index is -4.98. The lowest BCUT2D eigenvalue weighted by atomic mass is 9.91. The third kappa shape index (κ3) is 13.0. The molecule has 0 N–H and O–H groups in total. The van der Waals surface area contributed by atoms with Crippen LogP contribution in [0.25, 0.3) is 0 Å². The van der Waals surface area contributed by atoms with Gasteiger partial charge < -0.3 is 14.2 Å². The number of rotatable bonds is 10. The van der Waals surface area contributed by atoms with Gasteiger partial charge in [-0.1, -0.05) is 13.8 Å². The van der Waals surface area contributed by atoms with Crippen molar-refractivity contribution in [2.24, 2.45) is 10.8 Å². The van der Waals surface area contributed by atoms with Crippen LogP contribution in [0.1, 0.15) is 78.9 Å². The van der Waals surface area contributed by atoms with E-state index in [0.29, 0.717) is 25.0 Å². The normalized spacial score (nSPS) is 12.1. The quantitative estimate of drug-likeness (QED) is 0.103. The van der Waals surface area contributed by atoms with Gasteiger partial charge in [-0.25, -0.2) is 0 Å². The molecule has 13 heteroatoms. The molecule has 0 aliphatic heterocycles. The van der Waals surface area contributed by atoms with E-state index in [1.165, 1.54) is 20.8 Å². The number of hydrogen-bond acceptors (Lipinski definition) is 7. The number of ether oxygens (including phenoxy) is 3. The van der Waals surface area contributed by atoms with Gasteiger partial charge in [0.25, 0.3) is 0 Å². The first-order valence-corrected chi connectivity index (χ1v) is 11.9. The Balaban J connectivity index is 0.000000768. The minimum Gasteiger partial charge on any atom is -0.462 e. The van der Waals surface area contributed by atoms with Gasteiger partial charge in [-0.3, -0.25) is 19.2 Å². The topological polar surface area (TPSA) is 96.0 Å². The number of carbonyl (C=O) groups is 4. The van der Waals surface area contributed by atoms with Crippen molar-refractivity contribution in [3.8, 4) is 5.75 Å². The summed E-state index contributed by atoms with van der Waals surface area (Å²) < 4.78 is 90.4. The SMILES string of the molecule is CCC(C)(C)C(=O)OCCOC(=O)CC(C)=O.CCC(C)(C)C(=O)Oc1cc(C(F)(F)F)cc(C(F)(F)F)c1. The van der Waals surface area contributed by atoms with E-state index in [1.54, 1.807) is 20.8 Å². The summed E-state index contributed by atoms with van der Waals surface area (Å²) >= 11 is 0. The molecule has 1 aromatic rings. The molecule has 0 unspecified atom stereocenters. The fourth-order valence-corrected chi connectivity index (χ4v) is 2.26. The standard InChI is InChI=1S/C14H14F6O2.C12H20O5/c1-4-12(2,3)11(21)22-10-6-8(13(15,16)17)5-9(7-10)14(18,19)20;1-5-12(3,4)11(15)17-7-6-16-10(14)8-9(2)13/h5-7H,4H2,1-3H3;5-8H2,1-4H3. The molecule has 0 aliphatic rings. The Bertz CT molecular complexity index is 979. The van der Waals surface area contributed by atoms with E-state index >= 15 is 0 Å². The molecule has 0 atom stereocenters. The molecule has 0 bridgehead atoms. The molecule has 7 nitrogen and oxygen atoms in total. The number of esters is 3. The van der Waals surface area contributed by atoms with Crippen molar-refractivity contribution in [1.29, 1.82) is 0 Å². The molecule has 1 rings (SSSR count). The van der Waals surface area contributed by atoms with Crippen molar-refractivity contribution < 1.29 is 59.7 Å². The summed E-state index contributed by atoms with van der Waals surface area (Å²) in [5, 5.41) is 0. The van der Waals surface area contributed by atoms with Gasteiger partial charge in [0.15, 0.2) is 0 Å². The zero-order valence-electron chi connectivity index (χ0n) is 22.9. The van der Waals surface area contributed by atoms with Gasteiger partial charge in [0, 0.05) is 0 Å². The van der Waals surface area contributed by atoms with Crippen molar-refractivity contribution >= 4 is 23.7 Å². The van der Waals surface area contributed by atoms with E-state index in [0.717, 1.165) is 0 Å². The highest BCUT2D eigenvalue weighted by Gasteiger charge is 2.38. The summed E-state index contributed by atoms with van der Waals surface area (Å²) in [5.74, 6) is -2.85. The molecule has 0 aromatic heterocycles. The number of Topliss-reactive ketones (excluding diaryl/α,β-unsaturated/α-hetero) is 1. The highest BCUT2D eigenvalue weighted by molar-refractivity contribution is 5.94. The first kappa shape index (κ1) is 35.9. The predicted molar refractivity (Wildman–Crippen MR) is 127 cm³/mol. The summed E-state index contributed by atoms with van der Waals surface area (Å²) in [6.07, 6.45) is -9.22. The van der Waals surface area contributed by atoms with Gasteiger partial charge >= 0.3 is 30.3 Å². The van der Waals surface area contributed by atoms with E-state index in [-0.39, 0.29) is 37.5 Å². The molecule has 0 aliphatic carbocycles. The van der Waals surface area contributed by atoms with Gasteiger partial charge in [-0.15, -0.1) is 0 Å². The van der Waals surface area contributed by atoms with Gasteiger partial charge in [0.1, 0.15) is 31.2 Å². The Morgan fingerprint density at radius 1 is 0.692 bits per heavy atom. The number of benzene rings is 1. The molecule has 222 valence electrons. The van der Waals surface area contributed by atoms with E-state index < -0.39 is 52.0 Å². The van der Waals surface area contributed by atoms with Gasteiger partial charge in [-0.2, -0.15) is 26.3 Å². The molecule has 39 heavy (non-hydrogen) atoms. The Morgan fingerprint density at radius 2 is 1.10 bits per heavy atom. The molecule has 0 saturated carbocycles. The molecule has 0 saturated heterocycles. The van der Waals surface area contributed by atoms with Crippen LogP contribution in [0.5, 0.6) is 5.75 Å². The second kappa shape index (κ2) is 14.3. The monoisotopic (exact) mass is 572 g/mol.